The Bertz CT molecular complexity index is 129. The molecular formula is AgO4Tc. The zero-order valence-corrected chi connectivity index (χ0v) is 5.65. The number of hydrogen-bond donors (Lipinski definition) is 0. The summed E-state index contributed by atoms with van der Waals surface area (Å²) in [5, 5.41) is 0. The van der Waals surface area contributed by atoms with E-state index in [1.807, 2.05) is 0 Å². The van der Waals surface area contributed by atoms with E-state index in [4.69, 9.17) is 14.4 Å². The van der Waals surface area contributed by atoms with Crippen LogP contribution >= 0.6 is 0 Å². The molecule has 0 N–H and O–H groups in total. The molecule has 0 aromatic carbocycles. The van der Waals surface area contributed by atoms with Crippen LogP contribution in [0, 0.1) is 0 Å². The van der Waals surface area contributed by atoms with Gasteiger partial charge < -0.3 is 0 Å². The van der Waals surface area contributed by atoms with E-state index in [0.717, 1.165) is 0 Å². The summed E-state index contributed by atoms with van der Waals surface area (Å²) in [4.78, 5) is 0. The summed E-state index contributed by atoms with van der Waals surface area (Å²) in [5.41, 5.74) is 0. The van der Waals surface area contributed by atoms with E-state index in [9.17, 15) is 0 Å². The molecule has 0 rings (SSSR count). The molecule has 0 aliphatic heterocycles. The van der Waals surface area contributed by atoms with Crippen LogP contribution in [-0.4, -0.2) is 0 Å². The Kier molecular flexibility index (Phi) is 4.69. The van der Waals surface area contributed by atoms with Gasteiger partial charge in [0.15, 0.2) is 0 Å². The molecule has 0 saturated carbocycles. The van der Waals surface area contributed by atoms with Crippen LogP contribution in [0.15, 0.2) is 0 Å². The Balaban J connectivity index is 0. The fourth-order valence-electron chi connectivity index (χ4n) is 0. The molecule has 0 bridgehead atoms. The monoisotopic (exact) mass is 268 g/mol. The van der Waals surface area contributed by atoms with E-state index < -0.39 is 15.5 Å². The summed E-state index contributed by atoms with van der Waals surface area (Å²) < 4.78 is 34.5. The first-order valence-electron chi connectivity index (χ1n) is 0.617. The molecule has 0 aliphatic carbocycles. The van der Waals surface area contributed by atoms with Gasteiger partial charge >= 0.3 is 52.3 Å². The van der Waals surface area contributed by atoms with Crippen LogP contribution in [0.1, 0.15) is 0 Å². The zero-order valence-electron chi connectivity index (χ0n) is 2.31. The average molecular weight is 270 g/mol. The molecule has 42 valence electrons. The zero-order chi connectivity index (χ0) is 4.50. The molecule has 0 saturated heterocycles. The summed E-state index contributed by atoms with van der Waals surface area (Å²) in [5.74, 6) is 0. The van der Waals surface area contributed by atoms with Crippen molar-refractivity contribution >= 4 is 0 Å². The van der Waals surface area contributed by atoms with Gasteiger partial charge in [-0.3, -0.25) is 0 Å². The van der Waals surface area contributed by atoms with Crippen LogP contribution in [-0.2, 0) is 48.4 Å². The van der Waals surface area contributed by atoms with Crippen molar-refractivity contribution in [1.29, 1.82) is 0 Å². The maximum absolute atomic E-state index is 8.62. The van der Waals surface area contributed by atoms with Crippen LogP contribution in [0.2, 0.25) is 0 Å². The first-order chi connectivity index (χ1) is 2.00. The third-order valence-corrected chi connectivity index (χ3v) is 0. The van der Waals surface area contributed by atoms with Crippen LogP contribution in [0.25, 0.3) is 0 Å². The first-order valence-corrected chi connectivity index (χ1v) is 3.65. The number of rotatable bonds is 0. The second-order valence-corrected chi connectivity index (χ2v) is 2.24. The second kappa shape index (κ2) is 2.85. The van der Waals surface area contributed by atoms with E-state index >= 15 is 0 Å². The van der Waals surface area contributed by atoms with Gasteiger partial charge in [-0.1, -0.05) is 0 Å². The third kappa shape index (κ3) is 119. The molecule has 0 unspecified atom stereocenters. The summed E-state index contributed by atoms with van der Waals surface area (Å²) in [6, 6.07) is 0. The molecule has 0 atom stereocenters. The molecule has 4 nitrogen and oxygen atoms in total. The standard InChI is InChI=1S/Ag.4O.Tc/q+1;;;;-1;. The fourth-order valence-corrected chi connectivity index (χ4v) is 0. The molecule has 0 heterocycles. The minimum atomic E-state index is -5.94. The average Bonchev–Trinajstić information content (AvgIpc) is 0.722. The van der Waals surface area contributed by atoms with Gasteiger partial charge in [-0.05, 0) is 0 Å². The summed E-state index contributed by atoms with van der Waals surface area (Å²) >= 11 is -5.94. The van der Waals surface area contributed by atoms with E-state index in [-0.39, 0.29) is 22.4 Å². The summed E-state index contributed by atoms with van der Waals surface area (Å²) in [6.45, 7) is 0. The van der Waals surface area contributed by atoms with Gasteiger partial charge in [0, 0.05) is 0 Å². The molecule has 0 fully saturated rings. The Hall–Kier alpha value is 0.750. The first kappa shape index (κ1) is 9.89. The Labute approximate surface area is 52.3 Å². The van der Waals surface area contributed by atoms with Gasteiger partial charge in [0.1, 0.15) is 0 Å². The van der Waals surface area contributed by atoms with Gasteiger partial charge in [0.05, 0.1) is 0 Å². The Morgan fingerprint density at radius 2 is 1.17 bits per heavy atom. The fraction of sp³-hybridized carbons (Fsp3) is 0. The van der Waals surface area contributed by atoms with Gasteiger partial charge in [-0.15, -0.1) is 0 Å². The van der Waals surface area contributed by atoms with Crippen molar-refractivity contribution in [3.8, 4) is 0 Å². The quantitative estimate of drug-likeness (QED) is 0.499. The van der Waals surface area contributed by atoms with Crippen LogP contribution in [0.3, 0.4) is 0 Å². The number of hydrogen-bond acceptors (Lipinski definition) is 4. The predicted octanol–water partition coefficient (Wildman–Crippen LogP) is -1.55. The van der Waals surface area contributed by atoms with E-state index in [2.05, 4.69) is 0 Å². The minimum absolute atomic E-state index is 0. The second-order valence-electron chi connectivity index (χ2n) is 0.378. The summed E-state index contributed by atoms with van der Waals surface area (Å²) in [7, 11) is 0. The maximum atomic E-state index is 8.62. The molecule has 0 radical (unpaired) electrons. The normalized spacial score (nSPS) is 9.50. The van der Waals surface area contributed by atoms with Crippen LogP contribution in [0.5, 0.6) is 0 Å². The van der Waals surface area contributed by atoms with Crippen molar-refractivity contribution in [2.24, 2.45) is 0 Å². The van der Waals surface area contributed by atoms with Crippen molar-refractivity contribution in [3.63, 3.8) is 0 Å². The van der Waals surface area contributed by atoms with E-state index in [1.54, 1.807) is 0 Å². The van der Waals surface area contributed by atoms with Crippen molar-refractivity contribution in [2.75, 3.05) is 0 Å². The molecule has 0 aliphatic rings. The van der Waals surface area contributed by atoms with Gasteiger partial charge in [-0.25, -0.2) is 0 Å². The van der Waals surface area contributed by atoms with Gasteiger partial charge in [0.2, 0.25) is 0 Å². The molecule has 0 aromatic rings. The van der Waals surface area contributed by atoms with Crippen molar-refractivity contribution < 1.29 is 52.3 Å². The molecule has 0 spiro atoms. The molecule has 6 heteroatoms. The van der Waals surface area contributed by atoms with E-state index in [0.29, 0.717) is 0 Å². The predicted molar refractivity (Wildman–Crippen MR) is 2.06 cm³/mol. The van der Waals surface area contributed by atoms with Crippen molar-refractivity contribution in [3.05, 3.63) is 0 Å². The van der Waals surface area contributed by atoms with E-state index in [1.165, 1.54) is 0 Å². The van der Waals surface area contributed by atoms with Crippen molar-refractivity contribution in [1.82, 2.24) is 0 Å². The van der Waals surface area contributed by atoms with Crippen molar-refractivity contribution in [2.45, 2.75) is 0 Å². The van der Waals surface area contributed by atoms with Crippen LogP contribution < -0.4 is 3.86 Å². The van der Waals surface area contributed by atoms with Gasteiger partial charge in [-0.2, -0.15) is 0 Å². The summed E-state index contributed by atoms with van der Waals surface area (Å²) in [6.07, 6.45) is 0. The molecule has 0 amide bonds. The SMILES string of the molecule is [Ag+].[O]=[Tc](=[O])(=[O])[O-]. The topological polar surface area (TPSA) is 74.3 Å². The Morgan fingerprint density at radius 1 is 1.17 bits per heavy atom. The van der Waals surface area contributed by atoms with Gasteiger partial charge in [0.25, 0.3) is 0 Å². The molecule has 0 aromatic heterocycles. The molecular weight excluding hydrogens is 270 g/mol. The Morgan fingerprint density at radius 3 is 1.17 bits per heavy atom. The third-order valence-electron chi connectivity index (χ3n) is 0. The van der Waals surface area contributed by atoms with Crippen LogP contribution in [0.4, 0.5) is 0 Å². The molecule has 6 heavy (non-hydrogen) atoms.